The average molecular weight is 455 g/mol. The van der Waals surface area contributed by atoms with Crippen molar-refractivity contribution in [2.24, 2.45) is 0 Å². The third-order valence-corrected chi connectivity index (χ3v) is 7.04. The number of halogens is 1. The van der Waals surface area contributed by atoms with Crippen molar-refractivity contribution in [2.75, 3.05) is 47.5 Å². The fourth-order valence-corrected chi connectivity index (χ4v) is 4.89. The Kier molecular flexibility index (Phi) is 6.74. The van der Waals surface area contributed by atoms with Gasteiger partial charge in [-0.3, -0.25) is 4.79 Å². The summed E-state index contributed by atoms with van der Waals surface area (Å²) in [5.41, 5.74) is 0.348. The molecule has 8 nitrogen and oxygen atoms in total. The second kappa shape index (κ2) is 9.11. The van der Waals surface area contributed by atoms with Crippen molar-refractivity contribution in [1.29, 1.82) is 0 Å². The molecular formula is C20H23ClN2O6S. The van der Waals surface area contributed by atoms with Gasteiger partial charge in [-0.1, -0.05) is 11.6 Å². The highest BCUT2D eigenvalue weighted by atomic mass is 35.5. The molecule has 2 aromatic rings. The molecule has 1 fully saturated rings. The highest BCUT2D eigenvalue weighted by Gasteiger charge is 2.31. The number of piperazine rings is 1. The molecule has 10 heteroatoms. The van der Waals surface area contributed by atoms with Gasteiger partial charge in [0, 0.05) is 37.3 Å². The predicted molar refractivity (Wildman–Crippen MR) is 112 cm³/mol. The van der Waals surface area contributed by atoms with Gasteiger partial charge in [-0.15, -0.1) is 0 Å². The Morgan fingerprint density at radius 1 is 0.867 bits per heavy atom. The molecule has 0 spiro atoms. The molecule has 0 N–H and O–H groups in total. The second-order valence-electron chi connectivity index (χ2n) is 6.56. The summed E-state index contributed by atoms with van der Waals surface area (Å²) in [5.74, 6) is 0.949. The van der Waals surface area contributed by atoms with E-state index in [4.69, 9.17) is 25.8 Å². The van der Waals surface area contributed by atoms with Gasteiger partial charge in [-0.25, -0.2) is 8.42 Å². The fraction of sp³-hybridized carbons (Fsp3) is 0.350. The molecule has 0 aliphatic carbocycles. The first-order valence-electron chi connectivity index (χ1n) is 9.16. The summed E-state index contributed by atoms with van der Waals surface area (Å²) in [7, 11) is 0.671. The number of nitrogens with zero attached hydrogens (tertiary/aromatic N) is 2. The molecule has 0 radical (unpaired) electrons. The van der Waals surface area contributed by atoms with E-state index in [-0.39, 0.29) is 37.0 Å². The summed E-state index contributed by atoms with van der Waals surface area (Å²) in [6.45, 7) is 0.846. The molecule has 162 valence electrons. The van der Waals surface area contributed by atoms with E-state index in [0.717, 1.165) is 0 Å². The number of hydrogen-bond donors (Lipinski definition) is 0. The highest BCUT2D eigenvalue weighted by Crippen LogP contribution is 2.31. The van der Waals surface area contributed by atoms with Gasteiger partial charge >= 0.3 is 0 Å². The van der Waals surface area contributed by atoms with Gasteiger partial charge in [0.25, 0.3) is 5.91 Å². The highest BCUT2D eigenvalue weighted by molar-refractivity contribution is 7.89. The van der Waals surface area contributed by atoms with Crippen LogP contribution in [0.5, 0.6) is 17.2 Å². The lowest BCUT2D eigenvalue weighted by Crippen LogP contribution is -2.50. The molecule has 1 amide bonds. The monoisotopic (exact) mass is 454 g/mol. The smallest absolute Gasteiger partial charge is 0.257 e. The number of methoxy groups -OCH3 is 3. The number of amides is 1. The predicted octanol–water partition coefficient (Wildman–Crippen LogP) is 2.51. The van der Waals surface area contributed by atoms with Crippen LogP contribution in [0, 0.1) is 0 Å². The van der Waals surface area contributed by atoms with Crippen LogP contribution in [-0.4, -0.2) is 71.0 Å². The SMILES string of the molecule is COc1ccc(S(=O)(=O)N2CCN(C(=O)c3cc(Cl)ccc3OC)CC2)cc1OC. The average Bonchev–Trinajstić information content (AvgIpc) is 2.78. The Balaban J connectivity index is 1.75. The summed E-state index contributed by atoms with van der Waals surface area (Å²) in [5, 5.41) is 0.425. The van der Waals surface area contributed by atoms with Crippen molar-refractivity contribution < 1.29 is 27.4 Å². The van der Waals surface area contributed by atoms with E-state index in [2.05, 4.69) is 0 Å². The summed E-state index contributed by atoms with van der Waals surface area (Å²) >= 11 is 6.02. The van der Waals surface area contributed by atoms with Crippen LogP contribution in [0.4, 0.5) is 0 Å². The van der Waals surface area contributed by atoms with E-state index in [1.807, 2.05) is 0 Å². The summed E-state index contributed by atoms with van der Waals surface area (Å²) in [6.07, 6.45) is 0. The molecule has 0 aromatic heterocycles. The van der Waals surface area contributed by atoms with E-state index < -0.39 is 10.0 Å². The molecule has 1 aliphatic heterocycles. The summed E-state index contributed by atoms with van der Waals surface area (Å²) in [4.78, 5) is 14.6. The normalized spacial score (nSPS) is 15.0. The van der Waals surface area contributed by atoms with E-state index in [1.54, 1.807) is 29.2 Å². The first-order chi connectivity index (χ1) is 14.3. The van der Waals surface area contributed by atoms with Gasteiger partial charge in [0.2, 0.25) is 10.0 Å². The Hall–Kier alpha value is -2.49. The summed E-state index contributed by atoms with van der Waals surface area (Å²) < 4.78 is 43.0. The van der Waals surface area contributed by atoms with E-state index in [1.165, 1.54) is 37.8 Å². The maximum absolute atomic E-state index is 13.0. The van der Waals surface area contributed by atoms with Gasteiger partial charge in [-0.05, 0) is 30.3 Å². The van der Waals surface area contributed by atoms with E-state index >= 15 is 0 Å². The minimum absolute atomic E-state index is 0.108. The van der Waals surface area contributed by atoms with Crippen molar-refractivity contribution in [3.63, 3.8) is 0 Å². The third-order valence-electron chi connectivity index (χ3n) is 4.91. The topological polar surface area (TPSA) is 85.4 Å². The Bertz CT molecular complexity index is 1040. The number of carbonyl (C=O) groups is 1. The van der Waals surface area contributed by atoms with Crippen LogP contribution in [-0.2, 0) is 10.0 Å². The van der Waals surface area contributed by atoms with Gasteiger partial charge in [0.15, 0.2) is 11.5 Å². The van der Waals surface area contributed by atoms with Gasteiger partial charge in [-0.2, -0.15) is 4.31 Å². The number of ether oxygens (including phenoxy) is 3. The summed E-state index contributed by atoms with van der Waals surface area (Å²) in [6, 6.07) is 9.29. The van der Waals surface area contributed by atoms with Crippen molar-refractivity contribution in [3.8, 4) is 17.2 Å². The number of sulfonamides is 1. The maximum atomic E-state index is 13.0. The molecule has 3 rings (SSSR count). The molecule has 0 saturated carbocycles. The number of carbonyl (C=O) groups excluding carboxylic acids is 1. The minimum Gasteiger partial charge on any atom is -0.496 e. The fourth-order valence-electron chi connectivity index (χ4n) is 3.28. The molecule has 1 aliphatic rings. The van der Waals surface area contributed by atoms with Crippen LogP contribution >= 0.6 is 11.6 Å². The van der Waals surface area contributed by atoms with E-state index in [0.29, 0.717) is 27.8 Å². The second-order valence-corrected chi connectivity index (χ2v) is 8.93. The first kappa shape index (κ1) is 22.2. The zero-order valence-corrected chi connectivity index (χ0v) is 18.5. The zero-order valence-electron chi connectivity index (χ0n) is 16.9. The molecule has 0 atom stereocenters. The lowest BCUT2D eigenvalue weighted by molar-refractivity contribution is 0.0694. The lowest BCUT2D eigenvalue weighted by atomic mass is 10.1. The Labute approximate surface area is 180 Å². The Morgan fingerprint density at radius 3 is 2.07 bits per heavy atom. The van der Waals surface area contributed by atoms with Gasteiger partial charge in [0.1, 0.15) is 5.75 Å². The van der Waals surface area contributed by atoms with Gasteiger partial charge in [0.05, 0.1) is 31.8 Å². The molecule has 1 saturated heterocycles. The van der Waals surface area contributed by atoms with Crippen LogP contribution < -0.4 is 14.2 Å². The van der Waals surface area contributed by atoms with Crippen LogP contribution in [0.2, 0.25) is 5.02 Å². The van der Waals surface area contributed by atoms with Crippen molar-refractivity contribution in [2.45, 2.75) is 4.90 Å². The number of hydrogen-bond acceptors (Lipinski definition) is 6. The molecule has 2 aromatic carbocycles. The molecule has 0 bridgehead atoms. The zero-order chi connectivity index (χ0) is 21.9. The van der Waals surface area contributed by atoms with Crippen LogP contribution in [0.3, 0.4) is 0 Å². The van der Waals surface area contributed by atoms with Crippen LogP contribution in [0.1, 0.15) is 10.4 Å². The molecule has 0 unspecified atom stereocenters. The quantitative estimate of drug-likeness (QED) is 0.666. The number of rotatable bonds is 6. The Morgan fingerprint density at radius 2 is 1.47 bits per heavy atom. The molecule has 30 heavy (non-hydrogen) atoms. The maximum Gasteiger partial charge on any atom is 0.257 e. The van der Waals surface area contributed by atoms with Crippen molar-refractivity contribution in [3.05, 3.63) is 47.0 Å². The number of benzene rings is 2. The van der Waals surface area contributed by atoms with E-state index in [9.17, 15) is 13.2 Å². The molecular weight excluding hydrogens is 432 g/mol. The van der Waals surface area contributed by atoms with Crippen molar-refractivity contribution >= 4 is 27.5 Å². The van der Waals surface area contributed by atoms with Crippen LogP contribution in [0.25, 0.3) is 0 Å². The third kappa shape index (κ3) is 4.33. The minimum atomic E-state index is -3.74. The standard InChI is InChI=1S/C20H23ClN2O6S/c1-27-17-6-4-14(21)12-16(17)20(24)22-8-10-23(11-9-22)30(25,26)15-5-7-18(28-2)19(13-15)29-3/h4-7,12-13H,8-11H2,1-3H3. The van der Waals surface area contributed by atoms with Gasteiger partial charge < -0.3 is 19.1 Å². The largest absolute Gasteiger partial charge is 0.496 e. The molecule has 1 heterocycles. The first-order valence-corrected chi connectivity index (χ1v) is 11.0. The lowest BCUT2D eigenvalue weighted by Gasteiger charge is -2.34. The van der Waals surface area contributed by atoms with Crippen LogP contribution in [0.15, 0.2) is 41.3 Å². The van der Waals surface area contributed by atoms with Crippen molar-refractivity contribution in [1.82, 2.24) is 9.21 Å².